The molecule has 0 radical (unpaired) electrons. The van der Waals surface area contributed by atoms with E-state index in [0.717, 1.165) is 24.5 Å². The Morgan fingerprint density at radius 3 is 2.92 bits per heavy atom. The van der Waals surface area contributed by atoms with Crippen LogP contribution in [0.4, 0.5) is 0 Å². The third kappa shape index (κ3) is 1.39. The number of hydrogen-bond donors (Lipinski definition) is 1. The number of nitrogens with one attached hydrogen (secondary N) is 1. The summed E-state index contributed by atoms with van der Waals surface area (Å²) < 4.78 is 1.18. The second-order valence-corrected chi connectivity index (χ2v) is 4.17. The van der Waals surface area contributed by atoms with Crippen LogP contribution in [-0.2, 0) is 13.0 Å². The normalized spacial score (nSPS) is 15.8. The molecule has 12 heavy (non-hydrogen) atoms. The zero-order valence-electron chi connectivity index (χ0n) is 6.53. The molecule has 0 aromatic heterocycles. The first kappa shape index (κ1) is 8.54. The van der Waals surface area contributed by atoms with E-state index in [0.29, 0.717) is 0 Å². The lowest BCUT2D eigenvalue weighted by Gasteiger charge is -2.19. The van der Waals surface area contributed by atoms with Crippen LogP contribution in [0.2, 0.25) is 5.02 Å². The van der Waals surface area contributed by atoms with Crippen molar-refractivity contribution in [2.75, 3.05) is 6.54 Å². The lowest BCUT2D eigenvalue weighted by molar-refractivity contribution is 0.642. The number of halogens is 2. The quantitative estimate of drug-likeness (QED) is 0.742. The molecule has 1 aromatic rings. The van der Waals surface area contributed by atoms with Crippen LogP contribution in [0.15, 0.2) is 16.6 Å². The third-order valence-corrected chi connectivity index (χ3v) is 3.27. The molecule has 64 valence electrons. The van der Waals surface area contributed by atoms with Gasteiger partial charge in [-0.1, -0.05) is 27.5 Å². The lowest BCUT2D eigenvalue weighted by atomic mass is 10.0. The van der Waals surface area contributed by atoms with Crippen molar-refractivity contribution in [1.29, 1.82) is 0 Å². The molecule has 1 N–H and O–H groups in total. The average molecular weight is 247 g/mol. The Balaban J connectivity index is 2.57. The molecular formula is C9H9BrClN. The minimum absolute atomic E-state index is 0.875. The minimum atomic E-state index is 0.875. The standard InChI is InChI=1S/C9H9BrClN/c10-8-1-2-9(11)7-5-12-4-3-6(7)8/h1-2,12H,3-5H2. The molecule has 1 aliphatic rings. The molecule has 0 spiro atoms. The summed E-state index contributed by atoms with van der Waals surface area (Å²) in [6.45, 7) is 1.94. The van der Waals surface area contributed by atoms with E-state index in [-0.39, 0.29) is 0 Å². The highest BCUT2D eigenvalue weighted by Crippen LogP contribution is 2.29. The van der Waals surface area contributed by atoms with E-state index < -0.39 is 0 Å². The van der Waals surface area contributed by atoms with Crippen molar-refractivity contribution in [1.82, 2.24) is 5.32 Å². The van der Waals surface area contributed by atoms with Crippen molar-refractivity contribution in [2.24, 2.45) is 0 Å². The van der Waals surface area contributed by atoms with Crippen molar-refractivity contribution in [2.45, 2.75) is 13.0 Å². The zero-order chi connectivity index (χ0) is 8.55. The molecule has 1 aromatic carbocycles. The van der Waals surface area contributed by atoms with Gasteiger partial charge in [-0.2, -0.15) is 0 Å². The minimum Gasteiger partial charge on any atom is -0.312 e. The summed E-state index contributed by atoms with van der Waals surface area (Å²) in [6, 6.07) is 3.96. The Bertz CT molecular complexity index is 281. The van der Waals surface area contributed by atoms with Crippen LogP contribution in [0.1, 0.15) is 11.1 Å². The first-order valence-electron chi connectivity index (χ1n) is 3.95. The molecule has 0 bridgehead atoms. The van der Waals surface area contributed by atoms with Crippen LogP contribution in [0.25, 0.3) is 0 Å². The number of fused-ring (bicyclic) bond motifs is 1. The second-order valence-electron chi connectivity index (χ2n) is 2.91. The van der Waals surface area contributed by atoms with Gasteiger partial charge in [0.1, 0.15) is 0 Å². The summed E-state index contributed by atoms with van der Waals surface area (Å²) in [5.74, 6) is 0. The first-order valence-corrected chi connectivity index (χ1v) is 5.12. The lowest BCUT2D eigenvalue weighted by Crippen LogP contribution is -2.24. The Kier molecular flexibility index (Phi) is 2.40. The molecule has 0 unspecified atom stereocenters. The second kappa shape index (κ2) is 3.36. The maximum atomic E-state index is 6.05. The van der Waals surface area contributed by atoms with Crippen molar-refractivity contribution in [3.05, 3.63) is 32.8 Å². The van der Waals surface area contributed by atoms with E-state index >= 15 is 0 Å². The molecule has 0 atom stereocenters. The topological polar surface area (TPSA) is 12.0 Å². The van der Waals surface area contributed by atoms with Gasteiger partial charge in [0.05, 0.1) is 0 Å². The Morgan fingerprint density at radius 2 is 2.17 bits per heavy atom. The highest BCUT2D eigenvalue weighted by Gasteiger charge is 2.13. The fourth-order valence-electron chi connectivity index (χ4n) is 1.52. The monoisotopic (exact) mass is 245 g/mol. The summed E-state index contributed by atoms with van der Waals surface area (Å²) in [6.07, 6.45) is 1.07. The van der Waals surface area contributed by atoms with Crippen LogP contribution in [0, 0.1) is 0 Å². The third-order valence-electron chi connectivity index (χ3n) is 2.17. The summed E-state index contributed by atoms with van der Waals surface area (Å²) in [5, 5.41) is 4.18. The Hall–Kier alpha value is -0.0500. The van der Waals surface area contributed by atoms with E-state index in [9.17, 15) is 0 Å². The first-order chi connectivity index (χ1) is 5.79. The van der Waals surface area contributed by atoms with E-state index in [4.69, 9.17) is 11.6 Å². The maximum Gasteiger partial charge on any atom is 0.0454 e. The van der Waals surface area contributed by atoms with Crippen molar-refractivity contribution in [3.8, 4) is 0 Å². The molecule has 0 aliphatic carbocycles. The number of hydrogen-bond acceptors (Lipinski definition) is 1. The van der Waals surface area contributed by atoms with Gasteiger partial charge in [0.15, 0.2) is 0 Å². The predicted molar refractivity (Wildman–Crippen MR) is 54.6 cm³/mol. The Morgan fingerprint density at radius 1 is 1.33 bits per heavy atom. The van der Waals surface area contributed by atoms with Gasteiger partial charge in [-0.25, -0.2) is 0 Å². The SMILES string of the molecule is Clc1ccc(Br)c2c1CNCC2. The highest BCUT2D eigenvalue weighted by molar-refractivity contribution is 9.10. The average Bonchev–Trinajstić information content (AvgIpc) is 2.12. The molecule has 2 rings (SSSR count). The molecule has 1 nitrogen and oxygen atoms in total. The molecular weight excluding hydrogens is 237 g/mol. The molecule has 0 saturated carbocycles. The van der Waals surface area contributed by atoms with Crippen LogP contribution in [0.3, 0.4) is 0 Å². The van der Waals surface area contributed by atoms with E-state index in [2.05, 4.69) is 21.2 Å². The summed E-state index contributed by atoms with van der Waals surface area (Å²) in [7, 11) is 0. The van der Waals surface area contributed by atoms with Gasteiger partial charge in [0, 0.05) is 16.0 Å². The maximum absolute atomic E-state index is 6.05. The van der Waals surface area contributed by atoms with Gasteiger partial charge in [0.25, 0.3) is 0 Å². The smallest absolute Gasteiger partial charge is 0.0454 e. The molecule has 0 saturated heterocycles. The van der Waals surface area contributed by atoms with E-state index in [1.165, 1.54) is 15.6 Å². The van der Waals surface area contributed by atoms with Crippen LogP contribution < -0.4 is 5.32 Å². The van der Waals surface area contributed by atoms with E-state index in [1.54, 1.807) is 0 Å². The van der Waals surface area contributed by atoms with E-state index in [1.807, 2.05) is 12.1 Å². The van der Waals surface area contributed by atoms with Crippen molar-refractivity contribution in [3.63, 3.8) is 0 Å². The highest BCUT2D eigenvalue weighted by atomic mass is 79.9. The van der Waals surface area contributed by atoms with Gasteiger partial charge in [-0.15, -0.1) is 0 Å². The number of rotatable bonds is 0. The molecule has 0 fully saturated rings. The summed E-state index contributed by atoms with van der Waals surface area (Å²) in [5.41, 5.74) is 2.61. The van der Waals surface area contributed by atoms with Crippen LogP contribution in [0.5, 0.6) is 0 Å². The largest absolute Gasteiger partial charge is 0.312 e. The van der Waals surface area contributed by atoms with Gasteiger partial charge in [0.2, 0.25) is 0 Å². The van der Waals surface area contributed by atoms with Gasteiger partial charge in [-0.3, -0.25) is 0 Å². The number of benzene rings is 1. The van der Waals surface area contributed by atoms with Gasteiger partial charge >= 0.3 is 0 Å². The summed E-state index contributed by atoms with van der Waals surface area (Å²) in [4.78, 5) is 0. The van der Waals surface area contributed by atoms with Gasteiger partial charge < -0.3 is 5.32 Å². The van der Waals surface area contributed by atoms with Crippen LogP contribution in [-0.4, -0.2) is 6.54 Å². The molecule has 1 heterocycles. The van der Waals surface area contributed by atoms with Crippen molar-refractivity contribution >= 4 is 27.5 Å². The predicted octanol–water partition coefficient (Wildman–Crippen LogP) is 2.75. The molecule has 1 aliphatic heterocycles. The van der Waals surface area contributed by atoms with Crippen LogP contribution >= 0.6 is 27.5 Å². The summed E-state index contributed by atoms with van der Waals surface area (Å²) >= 11 is 9.58. The fourth-order valence-corrected chi connectivity index (χ4v) is 2.34. The zero-order valence-corrected chi connectivity index (χ0v) is 8.87. The molecule has 0 amide bonds. The molecule has 3 heteroatoms. The van der Waals surface area contributed by atoms with Crippen molar-refractivity contribution < 1.29 is 0 Å². The van der Waals surface area contributed by atoms with Gasteiger partial charge in [-0.05, 0) is 36.2 Å². The fraction of sp³-hybridized carbons (Fsp3) is 0.333. The Labute approximate surface area is 85.2 Å².